The lowest BCUT2D eigenvalue weighted by Gasteiger charge is -2.29. The van der Waals surface area contributed by atoms with Crippen molar-refractivity contribution in [1.82, 2.24) is 0 Å². The summed E-state index contributed by atoms with van der Waals surface area (Å²) in [5, 5.41) is 0. The number of hydrogen-bond donors (Lipinski definition) is 1. The quantitative estimate of drug-likeness (QED) is 0.244. The Labute approximate surface area is 208 Å². The zero-order valence-corrected chi connectivity index (χ0v) is 21.3. The van der Waals surface area contributed by atoms with E-state index in [1.807, 2.05) is 0 Å². The highest BCUT2D eigenvalue weighted by molar-refractivity contribution is 5.64. The maximum atomic E-state index is 9.06. The Hall–Kier alpha value is -2.19. The Morgan fingerprint density at radius 1 is 0.765 bits per heavy atom. The Bertz CT molecular complexity index is 832. The molecule has 0 spiro atoms. The smallest absolute Gasteiger partial charge is 0.142 e. The van der Waals surface area contributed by atoms with E-state index in [4.69, 9.17) is 10.5 Å². The Kier molecular flexibility index (Phi) is 11.1. The molecule has 2 aliphatic carbocycles. The fraction of sp³-hybridized carbons (Fsp3) is 0.531. The largest absolute Gasteiger partial charge is 0.328 e. The molecule has 0 aliphatic heterocycles. The molecule has 0 bridgehead atoms. The highest BCUT2D eigenvalue weighted by atomic mass is 16.1. The van der Waals surface area contributed by atoms with E-state index in [1.165, 1.54) is 99.8 Å². The van der Waals surface area contributed by atoms with E-state index >= 15 is 0 Å². The van der Waals surface area contributed by atoms with Crippen LogP contribution in [0, 0.1) is 5.92 Å². The van der Waals surface area contributed by atoms with Gasteiger partial charge < -0.3 is 5.73 Å². The molecule has 2 aromatic carbocycles. The number of rotatable bonds is 8. The van der Waals surface area contributed by atoms with Crippen molar-refractivity contribution in [2.45, 2.75) is 102 Å². The average Bonchev–Trinajstić information content (AvgIpc) is 2.90. The normalized spacial score (nSPS) is 24.5. The number of hydrogen-bond acceptors (Lipinski definition) is 2. The van der Waals surface area contributed by atoms with Crippen LogP contribution in [-0.2, 0) is 4.79 Å². The summed E-state index contributed by atoms with van der Waals surface area (Å²) in [5.74, 6) is 2.48. The zero-order chi connectivity index (χ0) is 24.2. The van der Waals surface area contributed by atoms with Crippen LogP contribution in [0.2, 0.25) is 0 Å². The highest BCUT2D eigenvalue weighted by Gasteiger charge is 2.22. The number of nitrogens with two attached hydrogens (primary N) is 1. The van der Waals surface area contributed by atoms with Gasteiger partial charge in [0, 0.05) is 6.04 Å². The first-order valence-corrected chi connectivity index (χ1v) is 13.7. The maximum Gasteiger partial charge on any atom is 0.142 e. The summed E-state index contributed by atoms with van der Waals surface area (Å²) in [7, 11) is 0. The van der Waals surface area contributed by atoms with E-state index in [2.05, 4.69) is 62.0 Å². The molecule has 2 N–H and O–H groups in total. The molecule has 0 saturated heterocycles. The van der Waals surface area contributed by atoms with Gasteiger partial charge in [-0.15, -0.1) is 0 Å². The second-order valence-corrected chi connectivity index (χ2v) is 10.4. The molecule has 4 rings (SSSR count). The summed E-state index contributed by atoms with van der Waals surface area (Å²) in [5.41, 5.74) is 11.8. The van der Waals surface area contributed by atoms with Gasteiger partial charge in [0.2, 0.25) is 0 Å². The topological polar surface area (TPSA) is 43.1 Å². The molecule has 0 unspecified atom stereocenters. The van der Waals surface area contributed by atoms with Gasteiger partial charge in [0.1, 0.15) is 6.29 Å². The third-order valence-corrected chi connectivity index (χ3v) is 8.03. The fourth-order valence-corrected chi connectivity index (χ4v) is 5.82. The summed E-state index contributed by atoms with van der Waals surface area (Å²) in [6.45, 7) is 5.42. The molecule has 2 aliphatic rings. The lowest BCUT2D eigenvalue weighted by molar-refractivity contribution is -0.104. The highest BCUT2D eigenvalue weighted by Crippen LogP contribution is 2.38. The van der Waals surface area contributed by atoms with Gasteiger partial charge in [-0.3, -0.25) is 4.79 Å². The number of carbonyl (C=O) groups is 1. The van der Waals surface area contributed by atoms with Gasteiger partial charge >= 0.3 is 0 Å². The minimum Gasteiger partial charge on any atom is -0.328 e. The van der Waals surface area contributed by atoms with Crippen molar-refractivity contribution in [3.63, 3.8) is 0 Å². The first kappa shape index (κ1) is 26.4. The van der Waals surface area contributed by atoms with Gasteiger partial charge in [-0.1, -0.05) is 87.7 Å². The summed E-state index contributed by atoms with van der Waals surface area (Å²) in [6, 6.07) is 19.3. The summed E-state index contributed by atoms with van der Waals surface area (Å²) < 4.78 is 0. The lowest BCUT2D eigenvalue weighted by atomic mass is 9.77. The summed E-state index contributed by atoms with van der Waals surface area (Å²) in [6.07, 6.45) is 18.0. The van der Waals surface area contributed by atoms with E-state index in [9.17, 15) is 0 Å². The van der Waals surface area contributed by atoms with E-state index in [0.717, 1.165) is 11.8 Å². The van der Waals surface area contributed by atoms with Crippen LogP contribution in [0.5, 0.6) is 0 Å². The molecule has 0 atom stereocenters. The Morgan fingerprint density at radius 2 is 1.21 bits per heavy atom. The van der Waals surface area contributed by atoms with Crippen LogP contribution in [0.3, 0.4) is 0 Å². The molecule has 2 saturated carbocycles. The van der Waals surface area contributed by atoms with Crippen LogP contribution < -0.4 is 5.73 Å². The van der Waals surface area contributed by atoms with Gasteiger partial charge in [-0.05, 0) is 97.5 Å². The van der Waals surface area contributed by atoms with Crippen LogP contribution in [0.15, 0.2) is 61.2 Å². The molecule has 34 heavy (non-hydrogen) atoms. The van der Waals surface area contributed by atoms with Crippen molar-refractivity contribution in [2.75, 3.05) is 0 Å². The van der Waals surface area contributed by atoms with Crippen molar-refractivity contribution in [3.8, 4) is 11.1 Å². The molecule has 2 fully saturated rings. The van der Waals surface area contributed by atoms with E-state index in [0.29, 0.717) is 18.2 Å². The number of allylic oxidation sites excluding steroid dienone is 1. The van der Waals surface area contributed by atoms with Gasteiger partial charge in [0.15, 0.2) is 0 Å². The van der Waals surface area contributed by atoms with E-state index in [1.54, 1.807) is 5.56 Å². The molecular weight excluding hydrogens is 414 g/mol. The Balaban J connectivity index is 0.000000751. The van der Waals surface area contributed by atoms with Crippen LogP contribution in [0.4, 0.5) is 0 Å². The molecule has 0 radical (unpaired) electrons. The van der Waals surface area contributed by atoms with Crippen molar-refractivity contribution >= 4 is 6.29 Å². The van der Waals surface area contributed by atoms with Crippen LogP contribution in [0.25, 0.3) is 11.1 Å². The lowest BCUT2D eigenvalue weighted by Crippen LogP contribution is -2.25. The standard InChI is InChI=1S/C29H41N.C3H4O/c1-2-3-4-5-22-6-8-23(9-7-22)24-10-12-25(13-11-24)26-14-16-27(17-15-26)28-18-20-29(30)21-19-28;1-2-3-4/h10-17,22-23,28-29H,2-9,18-21,30H2,1H3;2-3H,1H2. The molecule has 2 nitrogen and oxygen atoms in total. The van der Waals surface area contributed by atoms with E-state index in [-0.39, 0.29) is 0 Å². The maximum absolute atomic E-state index is 9.06. The molecule has 0 aromatic heterocycles. The SMILES string of the molecule is C=CC=O.CCCCCC1CCC(c2ccc(-c3ccc(C4CCC(N)CC4)cc3)cc2)CC1. The van der Waals surface area contributed by atoms with Crippen LogP contribution in [-0.4, -0.2) is 12.3 Å². The van der Waals surface area contributed by atoms with E-state index < -0.39 is 0 Å². The minimum absolute atomic E-state index is 0.426. The molecular formula is C32H45NO. The molecule has 0 amide bonds. The molecule has 184 valence electrons. The number of carbonyl (C=O) groups excluding carboxylic acids is 1. The van der Waals surface area contributed by atoms with Crippen molar-refractivity contribution in [3.05, 3.63) is 72.3 Å². The van der Waals surface area contributed by atoms with Crippen LogP contribution in [0.1, 0.15) is 107 Å². The zero-order valence-electron chi connectivity index (χ0n) is 21.3. The summed E-state index contributed by atoms with van der Waals surface area (Å²) >= 11 is 0. The minimum atomic E-state index is 0.426. The third-order valence-electron chi connectivity index (χ3n) is 8.03. The second-order valence-electron chi connectivity index (χ2n) is 10.4. The summed E-state index contributed by atoms with van der Waals surface area (Å²) in [4.78, 5) is 9.06. The molecule has 2 heteroatoms. The number of unbranched alkanes of at least 4 members (excludes halogenated alkanes) is 2. The monoisotopic (exact) mass is 459 g/mol. The first-order valence-electron chi connectivity index (χ1n) is 13.7. The van der Waals surface area contributed by atoms with Gasteiger partial charge in [-0.25, -0.2) is 0 Å². The van der Waals surface area contributed by atoms with Crippen molar-refractivity contribution in [2.24, 2.45) is 11.7 Å². The van der Waals surface area contributed by atoms with Crippen molar-refractivity contribution in [1.29, 1.82) is 0 Å². The Morgan fingerprint density at radius 3 is 1.62 bits per heavy atom. The fourth-order valence-electron chi connectivity index (χ4n) is 5.82. The van der Waals surface area contributed by atoms with Gasteiger partial charge in [0.25, 0.3) is 0 Å². The van der Waals surface area contributed by atoms with Gasteiger partial charge in [-0.2, -0.15) is 0 Å². The second kappa shape index (κ2) is 14.3. The predicted octanol–water partition coefficient (Wildman–Crippen LogP) is 8.56. The van der Waals surface area contributed by atoms with Gasteiger partial charge in [0.05, 0.1) is 0 Å². The molecule has 0 heterocycles. The predicted molar refractivity (Wildman–Crippen MR) is 146 cm³/mol. The van der Waals surface area contributed by atoms with Crippen molar-refractivity contribution < 1.29 is 4.79 Å². The number of benzene rings is 2. The number of aldehydes is 1. The third kappa shape index (κ3) is 7.94. The average molecular weight is 460 g/mol. The first-order chi connectivity index (χ1) is 16.6. The molecule has 2 aromatic rings. The van der Waals surface area contributed by atoms with Crippen LogP contribution >= 0.6 is 0 Å².